The van der Waals surface area contributed by atoms with E-state index in [0.717, 1.165) is 0 Å². The van der Waals surface area contributed by atoms with Gasteiger partial charge in [0, 0.05) is 6.92 Å². The molecule has 0 spiro atoms. The summed E-state index contributed by atoms with van der Waals surface area (Å²) in [6, 6.07) is 4.57. The Balaban J connectivity index is 2.69. The molecule has 0 fully saturated rings. The van der Waals surface area contributed by atoms with Crippen molar-refractivity contribution in [3.63, 3.8) is 0 Å². The van der Waals surface area contributed by atoms with E-state index in [-0.39, 0.29) is 34.3 Å². The first-order valence-corrected chi connectivity index (χ1v) is 6.04. The number of rotatable bonds is 3. The van der Waals surface area contributed by atoms with Gasteiger partial charge in [-0.15, -0.1) is 0 Å². The van der Waals surface area contributed by atoms with Crippen molar-refractivity contribution in [2.24, 2.45) is 0 Å². The number of hydrogen-bond donors (Lipinski definition) is 1. The second-order valence-electron chi connectivity index (χ2n) is 4.46. The molecule has 106 valence electrons. The molecule has 0 saturated carbocycles. The first kappa shape index (κ1) is 13.9. The highest BCUT2D eigenvalue weighted by atomic mass is 16.5. The molecule has 6 nitrogen and oxygen atoms in total. The lowest BCUT2D eigenvalue weighted by Gasteiger charge is -2.12. The van der Waals surface area contributed by atoms with E-state index in [0.29, 0.717) is 0 Å². The summed E-state index contributed by atoms with van der Waals surface area (Å²) >= 11 is 0. The Labute approximate surface area is 114 Å². The molecular formula is C14H14O6. The van der Waals surface area contributed by atoms with Gasteiger partial charge in [0.25, 0.3) is 0 Å². The standard InChI is InChI=1S/C14H14O6/c1-7(2)18-13-11(16)9-5-4-6-10(19-8(3)15)12(9)20-14(13)17/h4-7,16H,1-3H3. The number of ether oxygens (including phenoxy) is 2. The van der Waals surface area contributed by atoms with E-state index in [9.17, 15) is 14.7 Å². The van der Waals surface area contributed by atoms with Gasteiger partial charge in [-0.05, 0) is 26.0 Å². The van der Waals surface area contributed by atoms with Gasteiger partial charge in [0.05, 0.1) is 11.5 Å². The first-order chi connectivity index (χ1) is 9.40. The Morgan fingerprint density at radius 3 is 2.65 bits per heavy atom. The Bertz CT molecular complexity index is 713. The zero-order valence-corrected chi connectivity index (χ0v) is 11.3. The molecule has 0 aliphatic rings. The van der Waals surface area contributed by atoms with Crippen LogP contribution in [0.4, 0.5) is 0 Å². The fourth-order valence-electron chi connectivity index (χ4n) is 1.74. The Morgan fingerprint density at radius 2 is 2.05 bits per heavy atom. The summed E-state index contributed by atoms with van der Waals surface area (Å²) in [5.74, 6) is -1.08. The van der Waals surface area contributed by atoms with E-state index in [1.807, 2.05) is 0 Å². The molecule has 0 radical (unpaired) electrons. The van der Waals surface area contributed by atoms with E-state index in [4.69, 9.17) is 13.9 Å². The number of benzene rings is 1. The maximum absolute atomic E-state index is 11.8. The average molecular weight is 278 g/mol. The van der Waals surface area contributed by atoms with Crippen LogP contribution in [-0.4, -0.2) is 17.2 Å². The highest BCUT2D eigenvalue weighted by molar-refractivity contribution is 5.90. The number of esters is 1. The van der Waals surface area contributed by atoms with Crippen LogP contribution < -0.4 is 15.1 Å². The van der Waals surface area contributed by atoms with E-state index in [2.05, 4.69) is 0 Å². The van der Waals surface area contributed by atoms with Crippen molar-refractivity contribution in [1.82, 2.24) is 0 Å². The van der Waals surface area contributed by atoms with Crippen molar-refractivity contribution < 1.29 is 23.8 Å². The maximum Gasteiger partial charge on any atom is 0.383 e. The van der Waals surface area contributed by atoms with Crippen LogP contribution in [0, 0.1) is 0 Å². The molecule has 1 N–H and O–H groups in total. The Kier molecular flexibility index (Phi) is 3.65. The van der Waals surface area contributed by atoms with E-state index < -0.39 is 11.6 Å². The second-order valence-corrected chi connectivity index (χ2v) is 4.46. The fraction of sp³-hybridized carbons (Fsp3) is 0.286. The summed E-state index contributed by atoms with van der Waals surface area (Å²) in [7, 11) is 0. The van der Waals surface area contributed by atoms with E-state index >= 15 is 0 Å². The summed E-state index contributed by atoms with van der Waals surface area (Å²) in [4.78, 5) is 22.8. The van der Waals surface area contributed by atoms with Gasteiger partial charge in [-0.3, -0.25) is 4.79 Å². The van der Waals surface area contributed by atoms with Crippen molar-refractivity contribution in [2.45, 2.75) is 26.9 Å². The van der Waals surface area contributed by atoms with Crippen LogP contribution in [0.2, 0.25) is 0 Å². The molecule has 1 aromatic carbocycles. The lowest BCUT2D eigenvalue weighted by molar-refractivity contribution is -0.131. The zero-order valence-electron chi connectivity index (χ0n) is 11.3. The van der Waals surface area contributed by atoms with Crippen molar-refractivity contribution in [2.75, 3.05) is 0 Å². The lowest BCUT2D eigenvalue weighted by Crippen LogP contribution is -2.13. The van der Waals surface area contributed by atoms with Gasteiger partial charge in [-0.1, -0.05) is 6.07 Å². The third-order valence-electron chi connectivity index (χ3n) is 2.44. The smallest absolute Gasteiger partial charge is 0.383 e. The predicted octanol–water partition coefficient (Wildman–Crippen LogP) is 2.21. The third kappa shape index (κ3) is 2.59. The molecule has 0 aliphatic carbocycles. The summed E-state index contributed by atoms with van der Waals surface area (Å²) in [6.45, 7) is 4.67. The second kappa shape index (κ2) is 5.24. The minimum Gasteiger partial charge on any atom is -0.504 e. The molecule has 0 amide bonds. The molecule has 0 aliphatic heterocycles. The summed E-state index contributed by atoms with van der Waals surface area (Å²) in [6.07, 6.45) is -0.294. The number of carbonyl (C=O) groups is 1. The van der Waals surface area contributed by atoms with Gasteiger partial charge in [0.2, 0.25) is 5.75 Å². The van der Waals surface area contributed by atoms with Gasteiger partial charge >= 0.3 is 11.6 Å². The monoisotopic (exact) mass is 278 g/mol. The molecule has 0 saturated heterocycles. The van der Waals surface area contributed by atoms with Crippen LogP contribution in [0.1, 0.15) is 20.8 Å². The average Bonchev–Trinajstić information content (AvgIpc) is 2.35. The number of fused-ring (bicyclic) bond motifs is 1. The topological polar surface area (TPSA) is 86.0 Å². The van der Waals surface area contributed by atoms with Crippen LogP contribution in [0.5, 0.6) is 17.2 Å². The lowest BCUT2D eigenvalue weighted by atomic mass is 10.2. The maximum atomic E-state index is 11.8. The van der Waals surface area contributed by atoms with Crippen LogP contribution in [0.15, 0.2) is 27.4 Å². The van der Waals surface area contributed by atoms with Crippen molar-refractivity contribution in [1.29, 1.82) is 0 Å². The number of para-hydroxylation sites is 1. The van der Waals surface area contributed by atoms with Crippen LogP contribution in [0.3, 0.4) is 0 Å². The number of carbonyl (C=O) groups excluding carboxylic acids is 1. The largest absolute Gasteiger partial charge is 0.504 e. The van der Waals surface area contributed by atoms with Crippen molar-refractivity contribution in [3.8, 4) is 17.2 Å². The summed E-state index contributed by atoms with van der Waals surface area (Å²) in [5, 5.41) is 10.3. The fourth-order valence-corrected chi connectivity index (χ4v) is 1.74. The number of hydrogen-bond acceptors (Lipinski definition) is 6. The zero-order chi connectivity index (χ0) is 14.9. The van der Waals surface area contributed by atoms with Crippen LogP contribution in [0.25, 0.3) is 11.0 Å². The van der Waals surface area contributed by atoms with Gasteiger partial charge in [-0.2, -0.15) is 0 Å². The van der Waals surface area contributed by atoms with E-state index in [1.165, 1.54) is 19.1 Å². The molecule has 6 heteroatoms. The third-order valence-corrected chi connectivity index (χ3v) is 2.44. The van der Waals surface area contributed by atoms with Gasteiger partial charge in [0.15, 0.2) is 17.1 Å². The van der Waals surface area contributed by atoms with Crippen LogP contribution >= 0.6 is 0 Å². The highest BCUT2D eigenvalue weighted by Crippen LogP contribution is 2.36. The van der Waals surface area contributed by atoms with Gasteiger partial charge in [-0.25, -0.2) is 4.79 Å². The highest BCUT2D eigenvalue weighted by Gasteiger charge is 2.19. The van der Waals surface area contributed by atoms with Crippen molar-refractivity contribution in [3.05, 3.63) is 28.6 Å². The molecule has 2 rings (SSSR count). The summed E-state index contributed by atoms with van der Waals surface area (Å²) < 4.78 is 15.3. The molecule has 0 bridgehead atoms. The first-order valence-electron chi connectivity index (χ1n) is 6.04. The predicted molar refractivity (Wildman–Crippen MR) is 71.2 cm³/mol. The van der Waals surface area contributed by atoms with E-state index in [1.54, 1.807) is 19.9 Å². The minimum atomic E-state index is -0.830. The molecule has 2 aromatic rings. The molecule has 20 heavy (non-hydrogen) atoms. The SMILES string of the molecule is CC(=O)Oc1cccc2c(O)c(OC(C)C)c(=O)oc12. The van der Waals surface area contributed by atoms with Crippen molar-refractivity contribution >= 4 is 16.9 Å². The van der Waals surface area contributed by atoms with Crippen LogP contribution in [-0.2, 0) is 4.79 Å². The Hall–Kier alpha value is -2.50. The normalized spacial score (nSPS) is 10.8. The molecule has 1 heterocycles. The number of aromatic hydroxyl groups is 1. The molecule has 0 unspecified atom stereocenters. The van der Waals surface area contributed by atoms with Gasteiger partial charge < -0.3 is 19.0 Å². The molecule has 1 aromatic heterocycles. The Morgan fingerprint density at radius 1 is 1.35 bits per heavy atom. The minimum absolute atomic E-state index is 0.00121. The quantitative estimate of drug-likeness (QED) is 0.526. The molecular weight excluding hydrogens is 264 g/mol. The van der Waals surface area contributed by atoms with Gasteiger partial charge in [0.1, 0.15) is 0 Å². The summed E-state index contributed by atoms with van der Waals surface area (Å²) in [5.41, 5.74) is -0.829. The molecule has 0 atom stereocenters.